The van der Waals surface area contributed by atoms with Gasteiger partial charge in [-0.15, -0.1) is 0 Å². The van der Waals surface area contributed by atoms with E-state index in [0.29, 0.717) is 24.5 Å². The molecular weight excluding hydrogens is 271 g/mol. The number of anilines is 1. The largest absolute Gasteiger partial charge is 0.474 e. The molecule has 0 saturated carbocycles. The molecule has 1 heterocycles. The standard InChI is InChI=1S/C16H15FN2O2/c17-12-6-7-14-13(10-12)19(9-8-18)16(20)15(21-14)11-4-2-1-3-5-11/h1-7,10,15H,8-9,18H2. The van der Waals surface area contributed by atoms with Crippen LogP contribution in [0.5, 0.6) is 5.75 Å². The molecule has 2 aromatic carbocycles. The molecular formula is C16H15FN2O2. The predicted octanol–water partition coefficient (Wildman–Crippen LogP) is 2.25. The highest BCUT2D eigenvalue weighted by Gasteiger charge is 2.35. The van der Waals surface area contributed by atoms with Crippen molar-refractivity contribution in [3.8, 4) is 5.75 Å². The third-order valence-electron chi connectivity index (χ3n) is 3.40. The number of hydrogen-bond acceptors (Lipinski definition) is 3. The number of rotatable bonds is 3. The second-order valence-electron chi connectivity index (χ2n) is 4.80. The van der Waals surface area contributed by atoms with Crippen molar-refractivity contribution in [2.24, 2.45) is 5.73 Å². The lowest BCUT2D eigenvalue weighted by Gasteiger charge is -2.34. The van der Waals surface area contributed by atoms with Crippen LogP contribution in [0.4, 0.5) is 10.1 Å². The molecule has 1 amide bonds. The van der Waals surface area contributed by atoms with Crippen LogP contribution < -0.4 is 15.4 Å². The van der Waals surface area contributed by atoms with Gasteiger partial charge >= 0.3 is 0 Å². The van der Waals surface area contributed by atoms with Crippen LogP contribution in [0.1, 0.15) is 11.7 Å². The van der Waals surface area contributed by atoms with E-state index in [1.165, 1.54) is 23.1 Å². The predicted molar refractivity (Wildman–Crippen MR) is 77.6 cm³/mol. The molecule has 2 aromatic rings. The Labute approximate surface area is 121 Å². The molecule has 1 aliphatic heterocycles. The van der Waals surface area contributed by atoms with Crippen LogP contribution >= 0.6 is 0 Å². The van der Waals surface area contributed by atoms with E-state index in [1.54, 1.807) is 0 Å². The van der Waals surface area contributed by atoms with Gasteiger partial charge in [-0.3, -0.25) is 4.79 Å². The Morgan fingerprint density at radius 2 is 1.95 bits per heavy atom. The molecule has 1 atom stereocenters. The number of carbonyl (C=O) groups excluding carboxylic acids is 1. The van der Waals surface area contributed by atoms with Gasteiger partial charge in [0.15, 0.2) is 0 Å². The van der Waals surface area contributed by atoms with Crippen molar-refractivity contribution in [1.29, 1.82) is 0 Å². The first-order valence-corrected chi connectivity index (χ1v) is 6.73. The van der Waals surface area contributed by atoms with Crippen molar-refractivity contribution in [3.05, 3.63) is 59.9 Å². The van der Waals surface area contributed by atoms with Crippen molar-refractivity contribution in [1.82, 2.24) is 0 Å². The quantitative estimate of drug-likeness (QED) is 0.941. The highest BCUT2D eigenvalue weighted by Crippen LogP contribution is 2.38. The van der Waals surface area contributed by atoms with Gasteiger partial charge in [0.05, 0.1) is 5.69 Å². The summed E-state index contributed by atoms with van der Waals surface area (Å²) in [5.41, 5.74) is 6.76. The molecule has 0 aliphatic carbocycles. The Bertz CT molecular complexity index is 661. The molecule has 4 nitrogen and oxygen atoms in total. The molecule has 0 radical (unpaired) electrons. The Morgan fingerprint density at radius 3 is 2.67 bits per heavy atom. The number of nitrogens with two attached hydrogens (primary N) is 1. The Balaban J connectivity index is 2.04. The lowest BCUT2D eigenvalue weighted by Crippen LogP contribution is -2.43. The van der Waals surface area contributed by atoms with Crippen molar-refractivity contribution >= 4 is 11.6 Å². The SMILES string of the molecule is NCCN1C(=O)C(c2ccccc2)Oc2ccc(F)cc21. The molecule has 3 rings (SSSR count). The Hall–Kier alpha value is -2.40. The fourth-order valence-corrected chi connectivity index (χ4v) is 2.44. The highest BCUT2D eigenvalue weighted by atomic mass is 19.1. The number of nitrogens with zero attached hydrogens (tertiary/aromatic N) is 1. The fourth-order valence-electron chi connectivity index (χ4n) is 2.44. The van der Waals surface area contributed by atoms with Crippen LogP contribution in [0.2, 0.25) is 0 Å². The third-order valence-corrected chi connectivity index (χ3v) is 3.40. The zero-order valence-corrected chi connectivity index (χ0v) is 11.3. The summed E-state index contributed by atoms with van der Waals surface area (Å²) in [5, 5.41) is 0. The highest BCUT2D eigenvalue weighted by molar-refractivity contribution is 6.00. The number of halogens is 1. The molecule has 0 aromatic heterocycles. The summed E-state index contributed by atoms with van der Waals surface area (Å²) >= 11 is 0. The second kappa shape index (κ2) is 5.54. The van der Waals surface area contributed by atoms with Crippen molar-refractivity contribution in [3.63, 3.8) is 0 Å². The minimum atomic E-state index is -0.726. The summed E-state index contributed by atoms with van der Waals surface area (Å²) in [7, 11) is 0. The van der Waals surface area contributed by atoms with E-state index in [4.69, 9.17) is 10.5 Å². The van der Waals surface area contributed by atoms with Crippen molar-refractivity contribution < 1.29 is 13.9 Å². The van der Waals surface area contributed by atoms with Gasteiger partial charge in [0.2, 0.25) is 6.10 Å². The summed E-state index contributed by atoms with van der Waals surface area (Å²) in [6.07, 6.45) is -0.726. The molecule has 0 bridgehead atoms. The molecule has 21 heavy (non-hydrogen) atoms. The van der Waals surface area contributed by atoms with Crippen LogP contribution in [-0.4, -0.2) is 19.0 Å². The molecule has 0 spiro atoms. The number of fused-ring (bicyclic) bond motifs is 1. The fraction of sp³-hybridized carbons (Fsp3) is 0.188. The molecule has 108 valence electrons. The van der Waals surface area contributed by atoms with Gasteiger partial charge in [0.25, 0.3) is 5.91 Å². The van der Waals surface area contributed by atoms with Crippen LogP contribution in [0.3, 0.4) is 0 Å². The first-order chi connectivity index (χ1) is 10.2. The molecule has 1 unspecified atom stereocenters. The zero-order chi connectivity index (χ0) is 14.8. The third kappa shape index (κ3) is 2.48. The molecule has 5 heteroatoms. The first-order valence-electron chi connectivity index (χ1n) is 6.73. The smallest absolute Gasteiger partial charge is 0.272 e. The van der Waals surface area contributed by atoms with Gasteiger partial charge in [-0.25, -0.2) is 4.39 Å². The maximum atomic E-state index is 13.4. The number of amides is 1. The molecule has 2 N–H and O–H groups in total. The van der Waals surface area contributed by atoms with E-state index in [2.05, 4.69) is 0 Å². The Kier molecular flexibility index (Phi) is 3.58. The van der Waals surface area contributed by atoms with Gasteiger partial charge in [0.1, 0.15) is 11.6 Å². The monoisotopic (exact) mass is 286 g/mol. The van der Waals surface area contributed by atoms with Gasteiger partial charge in [-0.1, -0.05) is 30.3 Å². The van der Waals surface area contributed by atoms with E-state index < -0.39 is 11.9 Å². The van der Waals surface area contributed by atoms with Crippen LogP contribution in [0.15, 0.2) is 48.5 Å². The van der Waals surface area contributed by atoms with Gasteiger partial charge in [-0.05, 0) is 12.1 Å². The van der Waals surface area contributed by atoms with Crippen LogP contribution in [0, 0.1) is 5.82 Å². The van der Waals surface area contributed by atoms with E-state index in [0.717, 1.165) is 5.56 Å². The minimum absolute atomic E-state index is 0.232. The normalized spacial score (nSPS) is 17.3. The lowest BCUT2D eigenvalue weighted by molar-refractivity contribution is -0.126. The maximum Gasteiger partial charge on any atom is 0.272 e. The summed E-state index contributed by atoms with van der Waals surface area (Å²) in [5.74, 6) is -0.159. The van der Waals surface area contributed by atoms with Gasteiger partial charge in [-0.2, -0.15) is 0 Å². The van der Waals surface area contributed by atoms with Crippen LogP contribution in [-0.2, 0) is 4.79 Å². The summed E-state index contributed by atoms with van der Waals surface area (Å²) in [6, 6.07) is 13.4. The van der Waals surface area contributed by atoms with E-state index in [9.17, 15) is 9.18 Å². The van der Waals surface area contributed by atoms with Gasteiger partial charge in [0, 0.05) is 24.7 Å². The van der Waals surface area contributed by atoms with Crippen molar-refractivity contribution in [2.45, 2.75) is 6.10 Å². The second-order valence-corrected chi connectivity index (χ2v) is 4.80. The van der Waals surface area contributed by atoms with Crippen LogP contribution in [0.25, 0.3) is 0 Å². The first kappa shape index (κ1) is 13.6. The minimum Gasteiger partial charge on any atom is -0.474 e. The van der Waals surface area contributed by atoms with E-state index in [-0.39, 0.29) is 5.91 Å². The average molecular weight is 286 g/mol. The zero-order valence-electron chi connectivity index (χ0n) is 11.3. The molecule has 1 aliphatic rings. The Morgan fingerprint density at radius 1 is 1.19 bits per heavy atom. The number of ether oxygens (including phenoxy) is 1. The number of carbonyl (C=O) groups is 1. The summed E-state index contributed by atoms with van der Waals surface area (Å²) < 4.78 is 19.2. The lowest BCUT2D eigenvalue weighted by atomic mass is 10.1. The summed E-state index contributed by atoms with van der Waals surface area (Å²) in [4.78, 5) is 14.1. The topological polar surface area (TPSA) is 55.6 Å². The van der Waals surface area contributed by atoms with Gasteiger partial charge < -0.3 is 15.4 Å². The van der Waals surface area contributed by atoms with E-state index >= 15 is 0 Å². The maximum absolute atomic E-state index is 13.4. The van der Waals surface area contributed by atoms with Crippen molar-refractivity contribution in [2.75, 3.05) is 18.0 Å². The number of benzene rings is 2. The number of hydrogen-bond donors (Lipinski definition) is 1. The molecule has 0 saturated heterocycles. The summed E-state index contributed by atoms with van der Waals surface area (Å²) in [6.45, 7) is 0.616. The average Bonchev–Trinajstić information content (AvgIpc) is 2.51. The molecule has 0 fully saturated rings. The van der Waals surface area contributed by atoms with E-state index in [1.807, 2.05) is 30.3 Å².